The summed E-state index contributed by atoms with van der Waals surface area (Å²) in [5.41, 5.74) is 1.05. The van der Waals surface area contributed by atoms with Crippen LogP contribution in [0.5, 0.6) is 0 Å². The molecule has 1 aromatic heterocycles. The van der Waals surface area contributed by atoms with Crippen molar-refractivity contribution in [2.45, 2.75) is 13.0 Å². The van der Waals surface area contributed by atoms with E-state index >= 15 is 0 Å². The molecule has 0 aromatic carbocycles. The first-order valence-corrected chi connectivity index (χ1v) is 6.81. The summed E-state index contributed by atoms with van der Waals surface area (Å²) in [6, 6.07) is 4.15. The lowest BCUT2D eigenvalue weighted by molar-refractivity contribution is 0.599. The number of rotatable bonds is 7. The summed E-state index contributed by atoms with van der Waals surface area (Å²) >= 11 is 7.88. The highest BCUT2D eigenvalue weighted by Crippen LogP contribution is 2.19. The SMILES string of the molecule is C=CCSCCNC(C)c1cccnc1Cl. The van der Waals surface area contributed by atoms with Crippen LogP contribution >= 0.6 is 23.4 Å². The third-order valence-electron chi connectivity index (χ3n) is 2.19. The van der Waals surface area contributed by atoms with E-state index in [9.17, 15) is 0 Å². The highest BCUT2D eigenvalue weighted by atomic mass is 35.5. The minimum atomic E-state index is 0.241. The van der Waals surface area contributed by atoms with Gasteiger partial charge in [-0.05, 0) is 13.0 Å². The number of aromatic nitrogens is 1. The fourth-order valence-corrected chi connectivity index (χ4v) is 2.22. The summed E-state index contributed by atoms with van der Waals surface area (Å²) in [5, 5.41) is 4.00. The van der Waals surface area contributed by atoms with E-state index in [1.54, 1.807) is 6.20 Å². The van der Waals surface area contributed by atoms with Crippen LogP contribution in [0.15, 0.2) is 31.0 Å². The summed E-state index contributed by atoms with van der Waals surface area (Å²) in [4.78, 5) is 4.06. The molecule has 88 valence electrons. The largest absolute Gasteiger partial charge is 0.309 e. The summed E-state index contributed by atoms with van der Waals surface area (Å²) in [7, 11) is 0. The smallest absolute Gasteiger partial charge is 0.133 e. The Labute approximate surface area is 106 Å². The first-order valence-electron chi connectivity index (χ1n) is 5.28. The highest BCUT2D eigenvalue weighted by Gasteiger charge is 2.08. The Hall–Kier alpha value is -0.510. The van der Waals surface area contributed by atoms with E-state index in [0.29, 0.717) is 5.15 Å². The Bertz CT molecular complexity index is 331. The van der Waals surface area contributed by atoms with E-state index in [1.807, 2.05) is 30.0 Å². The van der Waals surface area contributed by atoms with E-state index < -0.39 is 0 Å². The predicted molar refractivity (Wildman–Crippen MR) is 73.2 cm³/mol. The number of thioether (sulfide) groups is 1. The average molecular weight is 257 g/mol. The summed E-state index contributed by atoms with van der Waals surface area (Å²) in [5.74, 6) is 2.08. The quantitative estimate of drug-likeness (QED) is 0.460. The number of nitrogens with zero attached hydrogens (tertiary/aromatic N) is 1. The van der Waals surface area contributed by atoms with Crippen LogP contribution in [-0.2, 0) is 0 Å². The van der Waals surface area contributed by atoms with Crippen molar-refractivity contribution in [1.29, 1.82) is 0 Å². The lowest BCUT2D eigenvalue weighted by atomic mass is 10.1. The maximum absolute atomic E-state index is 6.01. The van der Waals surface area contributed by atoms with Gasteiger partial charge in [-0.15, -0.1) is 6.58 Å². The van der Waals surface area contributed by atoms with Crippen LogP contribution in [0.2, 0.25) is 5.15 Å². The Kier molecular flexibility index (Phi) is 6.53. The minimum absolute atomic E-state index is 0.241. The van der Waals surface area contributed by atoms with Crippen LogP contribution in [0.25, 0.3) is 0 Å². The minimum Gasteiger partial charge on any atom is -0.309 e. The highest BCUT2D eigenvalue weighted by molar-refractivity contribution is 7.99. The second-order valence-electron chi connectivity index (χ2n) is 3.42. The van der Waals surface area contributed by atoms with Crippen molar-refractivity contribution in [2.75, 3.05) is 18.1 Å². The molecule has 0 saturated carbocycles. The molecule has 1 N–H and O–H groups in total. The van der Waals surface area contributed by atoms with E-state index in [4.69, 9.17) is 11.6 Å². The van der Waals surface area contributed by atoms with Gasteiger partial charge >= 0.3 is 0 Å². The van der Waals surface area contributed by atoms with Crippen LogP contribution in [0.3, 0.4) is 0 Å². The zero-order chi connectivity index (χ0) is 11.8. The van der Waals surface area contributed by atoms with Gasteiger partial charge in [-0.25, -0.2) is 4.98 Å². The molecule has 1 atom stereocenters. The number of pyridine rings is 1. The van der Waals surface area contributed by atoms with E-state index in [2.05, 4.69) is 23.8 Å². The lowest BCUT2D eigenvalue weighted by Gasteiger charge is -2.14. The van der Waals surface area contributed by atoms with Gasteiger partial charge in [-0.1, -0.05) is 23.7 Å². The van der Waals surface area contributed by atoms with Gasteiger partial charge in [0.1, 0.15) is 5.15 Å². The molecule has 4 heteroatoms. The van der Waals surface area contributed by atoms with Crippen LogP contribution in [-0.4, -0.2) is 23.0 Å². The van der Waals surface area contributed by atoms with Gasteiger partial charge in [0.25, 0.3) is 0 Å². The van der Waals surface area contributed by atoms with E-state index in [0.717, 1.165) is 23.6 Å². The summed E-state index contributed by atoms with van der Waals surface area (Å²) in [6.07, 6.45) is 3.63. The van der Waals surface area contributed by atoms with E-state index in [-0.39, 0.29) is 6.04 Å². The molecular formula is C12H17ClN2S. The maximum Gasteiger partial charge on any atom is 0.133 e. The zero-order valence-electron chi connectivity index (χ0n) is 9.45. The van der Waals surface area contributed by atoms with Gasteiger partial charge in [0.05, 0.1) is 0 Å². The van der Waals surface area contributed by atoms with Gasteiger partial charge in [0.2, 0.25) is 0 Å². The van der Waals surface area contributed by atoms with Gasteiger partial charge in [0, 0.05) is 35.9 Å². The monoisotopic (exact) mass is 256 g/mol. The molecule has 0 aliphatic carbocycles. The van der Waals surface area contributed by atoms with Gasteiger partial charge < -0.3 is 5.32 Å². The number of hydrogen-bond donors (Lipinski definition) is 1. The molecule has 1 rings (SSSR count). The second-order valence-corrected chi connectivity index (χ2v) is 4.93. The molecule has 0 fully saturated rings. The van der Waals surface area contributed by atoms with Crippen LogP contribution in [0.1, 0.15) is 18.5 Å². The standard InChI is InChI=1S/C12H17ClN2S/c1-3-8-16-9-7-14-10(2)11-5-4-6-15-12(11)13/h3-6,10,14H,1,7-9H2,2H3. The molecule has 0 amide bonds. The molecule has 0 bridgehead atoms. The van der Waals surface area contributed by atoms with Crippen molar-refractivity contribution < 1.29 is 0 Å². The molecule has 16 heavy (non-hydrogen) atoms. The average Bonchev–Trinajstić information content (AvgIpc) is 2.29. The third kappa shape index (κ3) is 4.56. The topological polar surface area (TPSA) is 24.9 Å². The molecular weight excluding hydrogens is 240 g/mol. The maximum atomic E-state index is 6.01. The van der Waals surface area contributed by atoms with Crippen molar-refractivity contribution in [1.82, 2.24) is 10.3 Å². The molecule has 1 unspecified atom stereocenters. The number of hydrogen-bond acceptors (Lipinski definition) is 3. The van der Waals surface area contributed by atoms with Gasteiger partial charge in [-0.3, -0.25) is 0 Å². The summed E-state index contributed by atoms with van der Waals surface area (Å²) < 4.78 is 0. The van der Waals surface area contributed by atoms with Gasteiger partial charge in [-0.2, -0.15) is 11.8 Å². The Morgan fingerprint density at radius 1 is 1.69 bits per heavy atom. The van der Waals surface area contributed by atoms with Crippen LogP contribution in [0.4, 0.5) is 0 Å². The normalized spacial score (nSPS) is 12.4. The predicted octanol–water partition coefficient (Wildman–Crippen LogP) is 3.30. The molecule has 0 aliphatic rings. The van der Waals surface area contributed by atoms with Crippen molar-refractivity contribution >= 4 is 23.4 Å². The molecule has 2 nitrogen and oxygen atoms in total. The van der Waals surface area contributed by atoms with Crippen molar-refractivity contribution in [3.8, 4) is 0 Å². The van der Waals surface area contributed by atoms with Crippen molar-refractivity contribution in [3.05, 3.63) is 41.7 Å². The second kappa shape index (κ2) is 7.71. The lowest BCUT2D eigenvalue weighted by Crippen LogP contribution is -2.21. The van der Waals surface area contributed by atoms with Crippen LogP contribution in [0, 0.1) is 0 Å². The fourth-order valence-electron chi connectivity index (χ4n) is 1.35. The first-order chi connectivity index (χ1) is 7.75. The Morgan fingerprint density at radius 2 is 2.50 bits per heavy atom. The summed E-state index contributed by atoms with van der Waals surface area (Å²) in [6.45, 7) is 6.75. The Balaban J connectivity index is 2.32. The number of halogens is 1. The van der Waals surface area contributed by atoms with Gasteiger partial charge in [0.15, 0.2) is 0 Å². The first kappa shape index (κ1) is 13.6. The van der Waals surface area contributed by atoms with Crippen molar-refractivity contribution in [3.63, 3.8) is 0 Å². The number of nitrogens with one attached hydrogen (secondary N) is 1. The molecule has 0 saturated heterocycles. The molecule has 0 radical (unpaired) electrons. The molecule has 1 aromatic rings. The zero-order valence-corrected chi connectivity index (χ0v) is 11.0. The van der Waals surface area contributed by atoms with E-state index in [1.165, 1.54) is 0 Å². The molecule has 0 aliphatic heterocycles. The molecule has 1 heterocycles. The Morgan fingerprint density at radius 3 is 3.19 bits per heavy atom. The third-order valence-corrected chi connectivity index (χ3v) is 3.47. The molecule has 0 spiro atoms. The van der Waals surface area contributed by atoms with Crippen molar-refractivity contribution in [2.24, 2.45) is 0 Å². The van der Waals surface area contributed by atoms with Crippen LogP contribution < -0.4 is 5.32 Å². The fraction of sp³-hybridized carbons (Fsp3) is 0.417.